The van der Waals surface area contributed by atoms with E-state index in [0.717, 1.165) is 11.1 Å². The van der Waals surface area contributed by atoms with Gasteiger partial charge in [-0.25, -0.2) is 4.90 Å². The van der Waals surface area contributed by atoms with E-state index in [0.29, 0.717) is 16.5 Å². The van der Waals surface area contributed by atoms with Crippen molar-refractivity contribution in [1.29, 1.82) is 0 Å². The highest BCUT2D eigenvalue weighted by Crippen LogP contribution is 2.51. The Kier molecular flexibility index (Phi) is 6.28. The third kappa shape index (κ3) is 3.85. The minimum atomic E-state index is -1.45. The molecule has 4 atom stereocenters. The number of amides is 2. The van der Waals surface area contributed by atoms with Gasteiger partial charge in [-0.2, -0.15) is 0 Å². The van der Waals surface area contributed by atoms with Gasteiger partial charge in [0.25, 0.3) is 0 Å². The van der Waals surface area contributed by atoms with Crippen LogP contribution in [0.5, 0.6) is 5.75 Å². The molecule has 0 aliphatic carbocycles. The number of rotatable bonds is 6. The zero-order valence-corrected chi connectivity index (χ0v) is 20.6. The van der Waals surface area contributed by atoms with Gasteiger partial charge in [0.05, 0.1) is 31.7 Å². The number of imide groups is 1. The zero-order chi connectivity index (χ0) is 25.4. The molecule has 2 aliphatic rings. The number of carbonyl (C=O) groups excluding carboxylic acids is 3. The van der Waals surface area contributed by atoms with Crippen LogP contribution in [0.2, 0.25) is 5.02 Å². The van der Waals surface area contributed by atoms with Gasteiger partial charge in [-0.05, 0) is 47.5 Å². The average molecular weight is 505 g/mol. The maximum atomic E-state index is 14.0. The molecule has 2 heterocycles. The van der Waals surface area contributed by atoms with Crippen LogP contribution >= 0.6 is 11.6 Å². The lowest BCUT2D eigenvalue weighted by atomic mass is 9.76. The van der Waals surface area contributed by atoms with Gasteiger partial charge >= 0.3 is 5.97 Å². The summed E-state index contributed by atoms with van der Waals surface area (Å²) in [6.07, 6.45) is 0.182. The Bertz CT molecular complexity index is 1300. The SMILES string of the molecule is COC(=O)[C@]1(Cc2ccccc2)N[C@@H](c2ccc(OC)cc2)[C@@H]2C(=O)N(c3ccc(Cl)cc3)C(=O)[C@@H]21. The normalized spacial score (nSPS) is 25.1. The smallest absolute Gasteiger partial charge is 0.327 e. The number of nitrogens with one attached hydrogen (secondary N) is 1. The molecule has 3 aromatic carbocycles. The largest absolute Gasteiger partial charge is 0.497 e. The van der Waals surface area contributed by atoms with Crippen molar-refractivity contribution < 1.29 is 23.9 Å². The van der Waals surface area contributed by atoms with E-state index in [1.54, 1.807) is 43.5 Å². The van der Waals surface area contributed by atoms with E-state index in [9.17, 15) is 14.4 Å². The van der Waals surface area contributed by atoms with Crippen LogP contribution in [0.25, 0.3) is 0 Å². The fourth-order valence-corrected chi connectivity index (χ4v) is 5.59. The van der Waals surface area contributed by atoms with Crippen molar-refractivity contribution in [2.45, 2.75) is 18.0 Å². The summed E-state index contributed by atoms with van der Waals surface area (Å²) in [7, 11) is 2.87. The number of hydrogen-bond donors (Lipinski definition) is 1. The fourth-order valence-electron chi connectivity index (χ4n) is 5.47. The molecule has 0 aromatic heterocycles. The predicted octanol–water partition coefficient (Wildman–Crippen LogP) is 3.95. The Morgan fingerprint density at radius 1 is 0.944 bits per heavy atom. The fraction of sp³-hybridized carbons (Fsp3) is 0.250. The zero-order valence-electron chi connectivity index (χ0n) is 19.8. The first kappa shape index (κ1) is 24.0. The lowest BCUT2D eigenvalue weighted by Gasteiger charge is -2.32. The molecule has 5 rings (SSSR count). The molecule has 0 bridgehead atoms. The van der Waals surface area contributed by atoms with Crippen LogP contribution in [0.15, 0.2) is 78.9 Å². The third-order valence-corrected chi connectivity index (χ3v) is 7.34. The van der Waals surface area contributed by atoms with Crippen molar-refractivity contribution >= 4 is 35.1 Å². The number of esters is 1. The Labute approximate surface area is 214 Å². The number of benzene rings is 3. The van der Waals surface area contributed by atoms with Gasteiger partial charge in [0.2, 0.25) is 11.8 Å². The quantitative estimate of drug-likeness (QED) is 0.404. The summed E-state index contributed by atoms with van der Waals surface area (Å²) >= 11 is 6.04. The average Bonchev–Trinajstić information content (AvgIpc) is 3.38. The predicted molar refractivity (Wildman–Crippen MR) is 135 cm³/mol. The van der Waals surface area contributed by atoms with E-state index in [1.807, 2.05) is 42.5 Å². The van der Waals surface area contributed by atoms with Gasteiger partial charge in [-0.3, -0.25) is 19.7 Å². The Morgan fingerprint density at radius 2 is 1.61 bits per heavy atom. The van der Waals surface area contributed by atoms with Crippen LogP contribution in [0, 0.1) is 11.8 Å². The summed E-state index contributed by atoms with van der Waals surface area (Å²) in [6.45, 7) is 0. The summed E-state index contributed by atoms with van der Waals surface area (Å²) in [5.41, 5.74) is 0.577. The van der Waals surface area contributed by atoms with Crippen LogP contribution < -0.4 is 15.0 Å². The van der Waals surface area contributed by atoms with Crippen LogP contribution in [0.4, 0.5) is 5.69 Å². The summed E-state index contributed by atoms with van der Waals surface area (Å²) in [4.78, 5) is 42.6. The van der Waals surface area contributed by atoms with E-state index in [1.165, 1.54) is 12.0 Å². The number of fused-ring (bicyclic) bond motifs is 1. The first-order valence-corrected chi connectivity index (χ1v) is 11.9. The molecule has 7 nitrogen and oxygen atoms in total. The molecular formula is C28H25ClN2O5. The minimum Gasteiger partial charge on any atom is -0.497 e. The molecule has 0 saturated carbocycles. The van der Waals surface area contributed by atoms with Crippen molar-refractivity contribution in [2.24, 2.45) is 11.8 Å². The number of methoxy groups -OCH3 is 2. The Balaban J connectivity index is 1.66. The Morgan fingerprint density at radius 3 is 2.22 bits per heavy atom. The minimum absolute atomic E-state index is 0.182. The lowest BCUT2D eigenvalue weighted by Crippen LogP contribution is -2.57. The van der Waals surface area contributed by atoms with E-state index in [-0.39, 0.29) is 12.3 Å². The van der Waals surface area contributed by atoms with Crippen molar-refractivity contribution in [3.8, 4) is 5.75 Å². The van der Waals surface area contributed by atoms with Crippen molar-refractivity contribution in [1.82, 2.24) is 5.32 Å². The van der Waals surface area contributed by atoms with Crippen LogP contribution in [0.3, 0.4) is 0 Å². The van der Waals surface area contributed by atoms with Gasteiger partial charge in [0.15, 0.2) is 0 Å². The number of nitrogens with zero attached hydrogens (tertiary/aromatic N) is 1. The lowest BCUT2D eigenvalue weighted by molar-refractivity contribution is -0.152. The van der Waals surface area contributed by atoms with Gasteiger partial charge in [-0.1, -0.05) is 54.1 Å². The molecule has 2 aliphatic heterocycles. The van der Waals surface area contributed by atoms with E-state index < -0.39 is 35.3 Å². The first-order valence-electron chi connectivity index (χ1n) is 11.6. The van der Waals surface area contributed by atoms with Crippen LogP contribution in [0.1, 0.15) is 17.2 Å². The highest BCUT2D eigenvalue weighted by Gasteiger charge is 2.68. The summed E-state index contributed by atoms with van der Waals surface area (Å²) in [5.74, 6) is -2.54. The van der Waals surface area contributed by atoms with E-state index in [4.69, 9.17) is 21.1 Å². The van der Waals surface area contributed by atoms with Gasteiger partial charge in [-0.15, -0.1) is 0 Å². The topological polar surface area (TPSA) is 84.9 Å². The molecule has 0 unspecified atom stereocenters. The molecule has 8 heteroatoms. The van der Waals surface area contributed by atoms with Gasteiger partial charge in [0, 0.05) is 17.5 Å². The van der Waals surface area contributed by atoms with Crippen molar-refractivity contribution in [3.05, 3.63) is 95.0 Å². The van der Waals surface area contributed by atoms with Crippen LogP contribution in [-0.2, 0) is 25.5 Å². The maximum absolute atomic E-state index is 14.0. The molecule has 2 saturated heterocycles. The maximum Gasteiger partial charge on any atom is 0.327 e. The summed E-state index contributed by atoms with van der Waals surface area (Å²) in [5, 5.41) is 3.89. The summed E-state index contributed by atoms with van der Waals surface area (Å²) < 4.78 is 10.5. The number of hydrogen-bond acceptors (Lipinski definition) is 6. The van der Waals surface area contributed by atoms with Crippen LogP contribution in [-0.4, -0.2) is 37.5 Å². The number of halogens is 1. The molecule has 0 spiro atoms. The monoisotopic (exact) mass is 504 g/mol. The highest BCUT2D eigenvalue weighted by atomic mass is 35.5. The van der Waals surface area contributed by atoms with E-state index >= 15 is 0 Å². The second-order valence-corrected chi connectivity index (χ2v) is 9.45. The number of carbonyl (C=O) groups is 3. The van der Waals surface area contributed by atoms with E-state index in [2.05, 4.69) is 5.32 Å². The molecule has 2 fully saturated rings. The van der Waals surface area contributed by atoms with Gasteiger partial charge in [0.1, 0.15) is 11.3 Å². The second-order valence-electron chi connectivity index (χ2n) is 9.01. The standard InChI is InChI=1S/C28H25ClN2O5/c1-35-21-14-8-18(9-15-21)24-22-23(26(33)31(25(22)32)20-12-10-19(29)11-13-20)28(30-24,27(34)36-2)16-17-6-4-3-5-7-17/h3-15,22-24,30H,16H2,1-2H3/t22-,23-,24+,28-/m1/s1. The second kappa shape index (κ2) is 9.41. The first-order chi connectivity index (χ1) is 17.4. The molecule has 0 radical (unpaired) electrons. The molecule has 184 valence electrons. The molecule has 1 N–H and O–H groups in total. The molecule has 36 heavy (non-hydrogen) atoms. The molecule has 3 aromatic rings. The molecule has 2 amide bonds. The van der Waals surface area contributed by atoms with Crippen molar-refractivity contribution in [2.75, 3.05) is 19.1 Å². The highest BCUT2D eigenvalue weighted by molar-refractivity contribution is 6.31. The number of ether oxygens (including phenoxy) is 2. The Hall–Kier alpha value is -3.68. The molecular weight excluding hydrogens is 480 g/mol. The number of anilines is 1. The van der Waals surface area contributed by atoms with Gasteiger partial charge < -0.3 is 9.47 Å². The summed E-state index contributed by atoms with van der Waals surface area (Å²) in [6, 6.07) is 22.6. The van der Waals surface area contributed by atoms with Crippen molar-refractivity contribution in [3.63, 3.8) is 0 Å². The third-order valence-electron chi connectivity index (χ3n) is 7.09.